The third-order valence-corrected chi connectivity index (χ3v) is 5.50. The second-order valence-corrected chi connectivity index (χ2v) is 5.92. The van der Waals surface area contributed by atoms with E-state index in [2.05, 4.69) is 53.4 Å². The first kappa shape index (κ1) is 27.8. The molecule has 0 saturated heterocycles. The molecular formula is C18H38I2N2. The van der Waals surface area contributed by atoms with Gasteiger partial charge in [0.05, 0.1) is 45.8 Å². The fraction of sp³-hybridized carbons (Fsp3) is 0.889. The van der Waals surface area contributed by atoms with Gasteiger partial charge in [0.15, 0.2) is 0 Å². The van der Waals surface area contributed by atoms with Crippen molar-refractivity contribution in [3.63, 3.8) is 0 Å². The Morgan fingerprint density at radius 1 is 0.591 bits per heavy atom. The van der Waals surface area contributed by atoms with Crippen LogP contribution in [0.4, 0.5) is 0 Å². The molecule has 0 spiro atoms. The molecule has 134 valence electrons. The third-order valence-electron chi connectivity index (χ3n) is 5.50. The number of rotatable bonds is 10. The van der Waals surface area contributed by atoms with Crippen molar-refractivity contribution in [1.82, 2.24) is 0 Å². The van der Waals surface area contributed by atoms with Gasteiger partial charge in [-0.15, -0.1) is 0 Å². The van der Waals surface area contributed by atoms with Crippen LogP contribution >= 0.6 is 0 Å². The van der Waals surface area contributed by atoms with Crippen molar-refractivity contribution >= 4 is 0 Å². The maximum Gasteiger partial charge on any atom is 0.140 e. The van der Waals surface area contributed by atoms with E-state index in [-0.39, 0.29) is 48.0 Å². The van der Waals surface area contributed by atoms with E-state index in [1.165, 1.54) is 56.7 Å². The largest absolute Gasteiger partial charge is 1.00 e. The highest BCUT2D eigenvalue weighted by molar-refractivity contribution is 4.99. The first-order valence-corrected chi connectivity index (χ1v) is 8.73. The second-order valence-electron chi connectivity index (χ2n) is 5.92. The molecule has 0 heterocycles. The Hall–Kier alpha value is 0.940. The Balaban J connectivity index is -0.00000180. The Morgan fingerprint density at radius 2 is 1.00 bits per heavy atom. The molecule has 0 unspecified atom stereocenters. The van der Waals surface area contributed by atoms with Crippen molar-refractivity contribution in [3.05, 3.63) is 0 Å². The zero-order chi connectivity index (χ0) is 15.5. The lowest BCUT2D eigenvalue weighted by molar-refractivity contribution is -0.923. The molecule has 0 saturated carbocycles. The minimum atomic E-state index is 0. The number of halogens is 2. The predicted octanol–water partition coefficient (Wildman–Crippen LogP) is -2.47. The summed E-state index contributed by atoms with van der Waals surface area (Å²) in [7, 11) is 0. The van der Waals surface area contributed by atoms with Crippen molar-refractivity contribution in [2.75, 3.05) is 52.4 Å². The molecule has 0 atom stereocenters. The van der Waals surface area contributed by atoms with E-state index < -0.39 is 0 Å². The number of quaternary nitrogens is 2. The lowest BCUT2D eigenvalue weighted by Crippen LogP contribution is -3.00. The van der Waals surface area contributed by atoms with E-state index in [1.807, 2.05) is 0 Å². The van der Waals surface area contributed by atoms with Crippen LogP contribution in [0.1, 0.15) is 54.4 Å². The fourth-order valence-corrected chi connectivity index (χ4v) is 2.97. The highest BCUT2D eigenvalue weighted by Crippen LogP contribution is 2.08. The summed E-state index contributed by atoms with van der Waals surface area (Å²) in [5.74, 6) is 6.85. The maximum atomic E-state index is 3.43. The third kappa shape index (κ3) is 9.29. The molecular weight excluding hydrogens is 498 g/mol. The summed E-state index contributed by atoms with van der Waals surface area (Å²) in [4.78, 5) is 0. The van der Waals surface area contributed by atoms with Crippen LogP contribution in [0.5, 0.6) is 0 Å². The Bertz CT molecular complexity index is 283. The van der Waals surface area contributed by atoms with Gasteiger partial charge in [-0.2, -0.15) is 0 Å². The average Bonchev–Trinajstić information content (AvgIpc) is 2.52. The van der Waals surface area contributed by atoms with Crippen LogP contribution in [0.25, 0.3) is 0 Å². The minimum absolute atomic E-state index is 0. The fourth-order valence-electron chi connectivity index (χ4n) is 2.97. The molecule has 0 aromatic heterocycles. The molecule has 0 aliphatic rings. The van der Waals surface area contributed by atoms with E-state index in [1.54, 1.807) is 0 Å². The van der Waals surface area contributed by atoms with Crippen molar-refractivity contribution in [1.29, 1.82) is 0 Å². The summed E-state index contributed by atoms with van der Waals surface area (Å²) < 4.78 is 2.40. The topological polar surface area (TPSA) is 0 Å². The van der Waals surface area contributed by atoms with Gasteiger partial charge in [-0.25, -0.2) is 0 Å². The summed E-state index contributed by atoms with van der Waals surface area (Å²) in [6, 6.07) is 0. The van der Waals surface area contributed by atoms with Gasteiger partial charge in [-0.05, 0) is 47.5 Å². The van der Waals surface area contributed by atoms with Gasteiger partial charge in [0.1, 0.15) is 6.54 Å². The summed E-state index contributed by atoms with van der Waals surface area (Å²) >= 11 is 0. The SMILES string of the molecule is CC[N+](CC)(CC)CC#CCCC[N+](CC)(CC)CC.[I-].[I-]. The quantitative estimate of drug-likeness (QED) is 0.126. The molecule has 4 heteroatoms. The summed E-state index contributed by atoms with van der Waals surface area (Å²) in [5, 5.41) is 0. The molecule has 0 aliphatic heterocycles. The molecule has 0 bridgehead atoms. The molecule has 0 aromatic rings. The zero-order valence-corrected chi connectivity index (χ0v) is 20.0. The molecule has 0 radical (unpaired) electrons. The molecule has 0 aromatic carbocycles. The van der Waals surface area contributed by atoms with E-state index in [4.69, 9.17) is 0 Å². The zero-order valence-electron chi connectivity index (χ0n) is 15.7. The Kier molecular flexibility index (Phi) is 19.5. The van der Waals surface area contributed by atoms with Crippen LogP contribution < -0.4 is 48.0 Å². The van der Waals surface area contributed by atoms with Crippen molar-refractivity contribution in [2.45, 2.75) is 54.4 Å². The van der Waals surface area contributed by atoms with Gasteiger partial charge in [-0.1, -0.05) is 5.92 Å². The summed E-state index contributed by atoms with van der Waals surface area (Å²) in [6.45, 7) is 23.4. The van der Waals surface area contributed by atoms with Crippen molar-refractivity contribution in [3.8, 4) is 11.8 Å². The minimum Gasteiger partial charge on any atom is -1.00 e. The molecule has 0 amide bonds. The first-order valence-electron chi connectivity index (χ1n) is 8.73. The first-order chi connectivity index (χ1) is 9.57. The molecule has 0 fully saturated rings. The van der Waals surface area contributed by atoms with Crippen LogP contribution in [0.3, 0.4) is 0 Å². The molecule has 2 nitrogen and oxygen atoms in total. The van der Waals surface area contributed by atoms with Gasteiger partial charge < -0.3 is 56.9 Å². The predicted molar refractivity (Wildman–Crippen MR) is 90.5 cm³/mol. The van der Waals surface area contributed by atoms with Crippen LogP contribution in [-0.2, 0) is 0 Å². The Morgan fingerprint density at radius 3 is 1.36 bits per heavy atom. The lowest BCUT2D eigenvalue weighted by Gasteiger charge is -2.35. The molecule has 0 rings (SSSR count). The van der Waals surface area contributed by atoms with Crippen LogP contribution in [-0.4, -0.2) is 61.3 Å². The van der Waals surface area contributed by atoms with Crippen LogP contribution in [0.2, 0.25) is 0 Å². The molecule has 0 aliphatic carbocycles. The van der Waals surface area contributed by atoms with Gasteiger partial charge in [0.2, 0.25) is 0 Å². The van der Waals surface area contributed by atoms with Crippen molar-refractivity contribution < 1.29 is 56.9 Å². The number of nitrogens with zero attached hydrogens (tertiary/aromatic N) is 2. The second kappa shape index (κ2) is 15.5. The number of hydrogen-bond donors (Lipinski definition) is 0. The molecule has 0 N–H and O–H groups in total. The standard InChI is InChI=1S/C18H38N2.2HI/c1-7-19(8-2,9-3)17-15-13-14-16-18-20(10-4,11-5)12-6;;/h7-13,15,17-18H2,1-6H3;2*1H/q+2;;/p-2. The van der Waals surface area contributed by atoms with Gasteiger partial charge in [-0.3, -0.25) is 0 Å². The normalized spacial score (nSPS) is 11.0. The maximum absolute atomic E-state index is 3.43. The van der Waals surface area contributed by atoms with Gasteiger partial charge in [0.25, 0.3) is 0 Å². The van der Waals surface area contributed by atoms with Gasteiger partial charge >= 0.3 is 0 Å². The summed E-state index contributed by atoms with van der Waals surface area (Å²) in [6.07, 6.45) is 2.31. The van der Waals surface area contributed by atoms with Crippen LogP contribution in [0, 0.1) is 11.8 Å². The highest BCUT2D eigenvalue weighted by atomic mass is 127. The van der Waals surface area contributed by atoms with E-state index >= 15 is 0 Å². The lowest BCUT2D eigenvalue weighted by atomic mass is 10.2. The average molecular weight is 536 g/mol. The molecule has 22 heavy (non-hydrogen) atoms. The summed E-state index contributed by atoms with van der Waals surface area (Å²) in [5.41, 5.74) is 0. The monoisotopic (exact) mass is 536 g/mol. The number of unbranched alkanes of at least 4 members (excludes halogenated alkanes) is 1. The van der Waals surface area contributed by atoms with E-state index in [0.717, 1.165) is 17.4 Å². The number of hydrogen-bond acceptors (Lipinski definition) is 0. The highest BCUT2D eigenvalue weighted by Gasteiger charge is 2.20. The smallest absolute Gasteiger partial charge is 0.140 e. The Labute approximate surface area is 174 Å². The van der Waals surface area contributed by atoms with E-state index in [9.17, 15) is 0 Å². The van der Waals surface area contributed by atoms with Crippen LogP contribution in [0.15, 0.2) is 0 Å². The van der Waals surface area contributed by atoms with E-state index in [0.29, 0.717) is 0 Å². The van der Waals surface area contributed by atoms with Gasteiger partial charge in [0, 0.05) is 12.8 Å². The van der Waals surface area contributed by atoms with Crippen molar-refractivity contribution in [2.24, 2.45) is 0 Å².